The summed E-state index contributed by atoms with van der Waals surface area (Å²) < 4.78 is 0. The van der Waals surface area contributed by atoms with Gasteiger partial charge >= 0.3 is 136 Å². The Morgan fingerprint density at radius 2 is 0.840 bits per heavy atom. The van der Waals surface area contributed by atoms with Gasteiger partial charge in [-0.25, -0.2) is 0 Å². The second kappa shape index (κ2) is 9.77. The third-order valence-corrected chi connectivity index (χ3v) is 9.35. The van der Waals surface area contributed by atoms with Crippen LogP contribution in [0, 0.1) is 0 Å². The van der Waals surface area contributed by atoms with Gasteiger partial charge in [0.2, 0.25) is 0 Å². The van der Waals surface area contributed by atoms with E-state index in [1.165, 1.54) is 22.1 Å². The number of benzene rings is 3. The van der Waals surface area contributed by atoms with Crippen LogP contribution in [0.3, 0.4) is 0 Å². The van der Waals surface area contributed by atoms with Gasteiger partial charge in [-0.2, -0.15) is 0 Å². The maximum absolute atomic E-state index is 7.23. The van der Waals surface area contributed by atoms with E-state index in [1.54, 1.807) is 0 Å². The van der Waals surface area contributed by atoms with Gasteiger partial charge in [0.1, 0.15) is 0 Å². The number of hydrogen-bond acceptors (Lipinski definition) is 3. The van der Waals surface area contributed by atoms with Crippen molar-refractivity contribution in [2.24, 2.45) is 0 Å². The van der Waals surface area contributed by atoms with Crippen LogP contribution in [0.2, 0.25) is 0 Å². The first-order chi connectivity index (χ1) is 12.1. The van der Waals surface area contributed by atoms with Crippen LogP contribution >= 0.6 is 15.9 Å². The molecular weight excluding hydrogens is 350 g/mol. The third kappa shape index (κ3) is 4.95. The molecule has 0 spiro atoms. The van der Waals surface area contributed by atoms with Crippen molar-refractivity contribution >= 4 is 31.8 Å². The van der Waals surface area contributed by atoms with Crippen LogP contribution in [-0.2, 0) is 0 Å². The minimum Gasteiger partial charge on any atom is -0.328 e. The van der Waals surface area contributed by atoms with Gasteiger partial charge in [-0.3, -0.25) is 0 Å². The first-order valence-electron chi connectivity index (χ1n) is 8.14. The van der Waals surface area contributed by atoms with Crippen molar-refractivity contribution < 1.29 is 14.7 Å². The summed E-state index contributed by atoms with van der Waals surface area (Å²) in [5, 5.41) is 4.47. The Labute approximate surface area is 151 Å². The van der Waals surface area contributed by atoms with Crippen LogP contribution < -0.4 is 15.9 Å². The third-order valence-electron chi connectivity index (χ3n) is 4.33. The predicted octanol–water partition coefficient (Wildman–Crippen LogP) is 2.92. The molecule has 0 aliphatic carbocycles. The quantitative estimate of drug-likeness (QED) is 0.616. The van der Waals surface area contributed by atoms with Gasteiger partial charge in [0.15, 0.2) is 0 Å². The van der Waals surface area contributed by atoms with E-state index >= 15 is 0 Å². The molecule has 25 heavy (non-hydrogen) atoms. The first kappa shape index (κ1) is 19.7. The summed E-state index contributed by atoms with van der Waals surface area (Å²) in [7, 11) is -4.52. The smallest absolute Gasteiger partial charge is 0.324 e. The van der Waals surface area contributed by atoms with E-state index in [2.05, 4.69) is 97.9 Å². The van der Waals surface area contributed by atoms with E-state index in [4.69, 9.17) is 14.7 Å². The van der Waals surface area contributed by atoms with Gasteiger partial charge in [-0.1, -0.05) is 0 Å². The number of rotatable bonds is 4. The van der Waals surface area contributed by atoms with Crippen molar-refractivity contribution in [3.05, 3.63) is 91.0 Å². The largest absolute Gasteiger partial charge is 0.328 e. The van der Waals surface area contributed by atoms with Crippen molar-refractivity contribution in [2.45, 2.75) is 6.92 Å². The standard InChI is InChI=1S/C20H21P.H3O3P/c1-2-21(18-12-6-3-7-13-18,19-14-8-4-9-15-19)20-16-10-5-11-17-20;1-4(2)3/h3-17,21H,2H2,1H3;1-3H. The van der Waals surface area contributed by atoms with Gasteiger partial charge in [-0.15, -0.1) is 0 Å². The molecule has 0 atom stereocenters. The topological polar surface area (TPSA) is 60.7 Å². The van der Waals surface area contributed by atoms with Crippen LogP contribution in [0.25, 0.3) is 0 Å². The summed E-state index contributed by atoms with van der Waals surface area (Å²) in [5.41, 5.74) is 0. The summed E-state index contributed by atoms with van der Waals surface area (Å²) >= 11 is 0. The molecule has 0 heterocycles. The SMILES string of the molecule is CC[PH](c1ccccc1)(c1ccccc1)c1ccccc1.OP(O)O. The normalized spacial score (nSPS) is 11.6. The van der Waals surface area contributed by atoms with Crippen molar-refractivity contribution in [3.63, 3.8) is 0 Å². The molecule has 3 aromatic carbocycles. The second-order valence-electron chi connectivity index (χ2n) is 5.63. The molecule has 5 heteroatoms. The van der Waals surface area contributed by atoms with E-state index < -0.39 is 15.9 Å². The van der Waals surface area contributed by atoms with E-state index in [0.717, 1.165) is 0 Å². The van der Waals surface area contributed by atoms with Crippen molar-refractivity contribution in [3.8, 4) is 0 Å². The Morgan fingerprint density at radius 3 is 1.04 bits per heavy atom. The van der Waals surface area contributed by atoms with Gasteiger partial charge < -0.3 is 14.7 Å². The zero-order chi connectivity index (χ0) is 18.1. The molecule has 0 aliphatic heterocycles. The molecule has 3 N–H and O–H groups in total. The summed E-state index contributed by atoms with van der Waals surface area (Å²) in [6, 6.07) is 33.1. The van der Waals surface area contributed by atoms with E-state index in [-0.39, 0.29) is 0 Å². The van der Waals surface area contributed by atoms with E-state index in [0.29, 0.717) is 0 Å². The molecule has 0 aromatic heterocycles. The van der Waals surface area contributed by atoms with Gasteiger partial charge in [0.05, 0.1) is 0 Å². The molecule has 0 saturated carbocycles. The Bertz CT molecular complexity index is 635. The van der Waals surface area contributed by atoms with E-state index in [1.807, 2.05) is 0 Å². The van der Waals surface area contributed by atoms with Gasteiger partial charge in [0, 0.05) is 0 Å². The van der Waals surface area contributed by atoms with Crippen molar-refractivity contribution in [1.82, 2.24) is 0 Å². The maximum Gasteiger partial charge on any atom is 0.324 e. The zero-order valence-electron chi connectivity index (χ0n) is 14.2. The molecule has 0 amide bonds. The molecule has 0 saturated heterocycles. The van der Waals surface area contributed by atoms with Crippen LogP contribution in [0.4, 0.5) is 0 Å². The van der Waals surface area contributed by atoms with Gasteiger partial charge in [0.25, 0.3) is 0 Å². The van der Waals surface area contributed by atoms with Crippen molar-refractivity contribution in [1.29, 1.82) is 0 Å². The minimum absolute atomic E-state index is 1.17. The summed E-state index contributed by atoms with van der Waals surface area (Å²) in [5.74, 6) is 0. The molecule has 0 aliphatic rings. The predicted molar refractivity (Wildman–Crippen MR) is 111 cm³/mol. The first-order valence-corrected chi connectivity index (χ1v) is 11.5. The summed E-state index contributed by atoms with van der Waals surface area (Å²) in [6.45, 7) is 2.33. The molecular formula is C20H24O3P2. The summed E-state index contributed by atoms with van der Waals surface area (Å²) in [4.78, 5) is 21.7. The van der Waals surface area contributed by atoms with Crippen molar-refractivity contribution in [2.75, 3.05) is 6.16 Å². The molecule has 3 rings (SSSR count). The van der Waals surface area contributed by atoms with Crippen LogP contribution in [0.1, 0.15) is 6.92 Å². The molecule has 3 nitrogen and oxygen atoms in total. The monoisotopic (exact) mass is 374 g/mol. The molecule has 0 radical (unpaired) electrons. The van der Waals surface area contributed by atoms with Gasteiger partial charge in [-0.05, 0) is 0 Å². The van der Waals surface area contributed by atoms with Crippen LogP contribution in [0.5, 0.6) is 0 Å². The maximum atomic E-state index is 7.23. The fourth-order valence-electron chi connectivity index (χ4n) is 3.28. The Balaban J connectivity index is 0.000000511. The molecule has 0 unspecified atom stereocenters. The molecule has 132 valence electrons. The van der Waals surface area contributed by atoms with E-state index in [9.17, 15) is 0 Å². The Morgan fingerprint density at radius 1 is 0.600 bits per heavy atom. The average Bonchev–Trinajstić information content (AvgIpc) is 2.65. The fraction of sp³-hybridized carbons (Fsp3) is 0.100. The minimum atomic E-state index is -2.62. The summed E-state index contributed by atoms with van der Waals surface area (Å²) in [6.07, 6.45) is 1.17. The fourth-order valence-corrected chi connectivity index (χ4v) is 7.79. The Kier molecular flexibility index (Phi) is 7.71. The molecule has 3 aromatic rings. The second-order valence-corrected chi connectivity index (χ2v) is 10.4. The zero-order valence-corrected chi connectivity index (χ0v) is 16.1. The van der Waals surface area contributed by atoms with Crippen LogP contribution in [0.15, 0.2) is 91.0 Å². The number of hydrogen-bond donors (Lipinski definition) is 3. The van der Waals surface area contributed by atoms with Crippen LogP contribution in [-0.4, -0.2) is 20.8 Å². The Hall–Kier alpha value is -1.60. The average molecular weight is 374 g/mol. The molecule has 0 fully saturated rings. The molecule has 0 bridgehead atoms.